The van der Waals surface area contributed by atoms with Gasteiger partial charge in [-0.05, 0) is 73.2 Å². The van der Waals surface area contributed by atoms with Crippen molar-refractivity contribution in [1.82, 2.24) is 5.32 Å². The lowest BCUT2D eigenvalue weighted by Crippen LogP contribution is -2.50. The minimum absolute atomic E-state index is 0.0771. The summed E-state index contributed by atoms with van der Waals surface area (Å²) < 4.78 is 37.4. The van der Waals surface area contributed by atoms with Crippen LogP contribution in [0.5, 0.6) is 11.5 Å². The van der Waals surface area contributed by atoms with Crippen LogP contribution in [0, 0.1) is 13.8 Å². The summed E-state index contributed by atoms with van der Waals surface area (Å²) in [6, 6.07) is 9.03. The highest BCUT2D eigenvalue weighted by Gasteiger charge is 2.35. The molecule has 2 aromatic rings. The normalized spacial score (nSPS) is 16.9. The van der Waals surface area contributed by atoms with Gasteiger partial charge in [-0.1, -0.05) is 19.9 Å². The number of nitrogens with one attached hydrogen (secondary N) is 1. The molecule has 1 aliphatic heterocycles. The van der Waals surface area contributed by atoms with Crippen molar-refractivity contribution in [2.75, 3.05) is 24.2 Å². The zero-order chi connectivity index (χ0) is 23.8. The zero-order valence-electron chi connectivity index (χ0n) is 19.7. The van der Waals surface area contributed by atoms with Gasteiger partial charge in [-0.2, -0.15) is 0 Å². The number of fused-ring (bicyclic) bond motifs is 1. The first kappa shape index (κ1) is 23.9. The summed E-state index contributed by atoms with van der Waals surface area (Å²) in [5, 5.41) is 3.00. The van der Waals surface area contributed by atoms with Crippen LogP contribution in [-0.4, -0.2) is 40.3 Å². The molecular weight excluding hydrogens is 428 g/mol. The second kappa shape index (κ2) is 9.02. The largest absolute Gasteiger partial charge is 0.496 e. The molecule has 2 aromatic carbocycles. The molecule has 0 saturated carbocycles. The standard InChI is InChI=1S/C24H32N2O5S/c1-14(2)18-12-19(16(4)11-21(18)30-6)17(5)25-24(27)23-13-26(32(7,28)29)20-9-8-15(3)10-22(20)31-23/h8-12,14,17,23H,13H2,1-7H3,(H,25,27)/t17-,23+/m0/s1. The average Bonchev–Trinajstić information content (AvgIpc) is 2.71. The third kappa shape index (κ3) is 4.85. The maximum absolute atomic E-state index is 13.1. The van der Waals surface area contributed by atoms with Gasteiger partial charge in [-0.25, -0.2) is 8.42 Å². The number of benzene rings is 2. The summed E-state index contributed by atoms with van der Waals surface area (Å²) in [4.78, 5) is 13.1. The number of anilines is 1. The van der Waals surface area contributed by atoms with Crippen LogP contribution in [0.15, 0.2) is 30.3 Å². The van der Waals surface area contributed by atoms with E-state index in [1.165, 1.54) is 4.31 Å². The second-order valence-corrected chi connectivity index (χ2v) is 10.6. The first-order valence-corrected chi connectivity index (χ1v) is 12.5. The maximum atomic E-state index is 13.1. The van der Waals surface area contributed by atoms with Gasteiger partial charge in [-0.15, -0.1) is 0 Å². The third-order valence-electron chi connectivity index (χ3n) is 5.74. The van der Waals surface area contributed by atoms with E-state index >= 15 is 0 Å². The number of carbonyl (C=O) groups is 1. The van der Waals surface area contributed by atoms with Crippen LogP contribution in [0.2, 0.25) is 0 Å². The molecule has 8 heteroatoms. The topological polar surface area (TPSA) is 84.9 Å². The van der Waals surface area contributed by atoms with Gasteiger partial charge < -0.3 is 14.8 Å². The van der Waals surface area contributed by atoms with Gasteiger partial charge in [0.1, 0.15) is 11.5 Å². The average molecular weight is 461 g/mol. The molecule has 0 spiro atoms. The minimum Gasteiger partial charge on any atom is -0.496 e. The molecule has 0 aliphatic carbocycles. The molecule has 0 aromatic heterocycles. The van der Waals surface area contributed by atoms with Gasteiger partial charge in [0, 0.05) is 0 Å². The molecule has 1 aliphatic rings. The Hall–Kier alpha value is -2.74. The van der Waals surface area contributed by atoms with Gasteiger partial charge in [0.25, 0.3) is 5.91 Å². The van der Waals surface area contributed by atoms with Crippen molar-refractivity contribution in [2.24, 2.45) is 0 Å². The lowest BCUT2D eigenvalue weighted by Gasteiger charge is -2.34. The van der Waals surface area contributed by atoms with Crippen LogP contribution in [0.1, 0.15) is 55.0 Å². The summed E-state index contributed by atoms with van der Waals surface area (Å²) in [5.41, 5.74) is 4.41. The fourth-order valence-electron chi connectivity index (χ4n) is 4.01. The lowest BCUT2D eigenvalue weighted by molar-refractivity contribution is -0.128. The molecule has 0 unspecified atom stereocenters. The molecule has 1 N–H and O–H groups in total. The highest BCUT2D eigenvalue weighted by Crippen LogP contribution is 2.36. The van der Waals surface area contributed by atoms with E-state index in [-0.39, 0.29) is 24.4 Å². The first-order chi connectivity index (χ1) is 14.9. The molecule has 0 fully saturated rings. The summed E-state index contributed by atoms with van der Waals surface area (Å²) in [6.45, 7) is 9.88. The first-order valence-electron chi connectivity index (χ1n) is 10.7. The minimum atomic E-state index is -3.57. The van der Waals surface area contributed by atoms with Crippen molar-refractivity contribution in [3.05, 3.63) is 52.6 Å². The Morgan fingerprint density at radius 3 is 2.44 bits per heavy atom. The number of nitrogens with zero attached hydrogens (tertiary/aromatic N) is 1. The van der Waals surface area contributed by atoms with Crippen LogP contribution < -0.4 is 19.1 Å². The molecule has 1 heterocycles. The molecule has 32 heavy (non-hydrogen) atoms. The maximum Gasteiger partial charge on any atom is 0.263 e. The van der Waals surface area contributed by atoms with Crippen molar-refractivity contribution in [3.8, 4) is 11.5 Å². The number of ether oxygens (including phenoxy) is 2. The summed E-state index contributed by atoms with van der Waals surface area (Å²) in [7, 11) is -1.92. The number of aryl methyl sites for hydroxylation is 2. The zero-order valence-corrected chi connectivity index (χ0v) is 20.5. The SMILES string of the molecule is COc1cc(C)c([C@H](C)NC(=O)[C@H]2CN(S(C)(=O)=O)c3ccc(C)cc3O2)cc1C(C)C. The summed E-state index contributed by atoms with van der Waals surface area (Å²) in [5.74, 6) is 1.11. The van der Waals surface area contributed by atoms with Crippen LogP contribution >= 0.6 is 0 Å². The van der Waals surface area contributed by atoms with Crippen LogP contribution in [0.3, 0.4) is 0 Å². The summed E-state index contributed by atoms with van der Waals surface area (Å²) in [6.07, 6.45) is 0.179. The number of rotatable bonds is 6. The third-order valence-corrected chi connectivity index (χ3v) is 6.89. The number of carbonyl (C=O) groups excluding carboxylic acids is 1. The predicted octanol–water partition coefficient (Wildman–Crippen LogP) is 3.84. The monoisotopic (exact) mass is 460 g/mol. The number of hydrogen-bond donors (Lipinski definition) is 1. The molecule has 7 nitrogen and oxygen atoms in total. The Morgan fingerprint density at radius 1 is 1.16 bits per heavy atom. The molecule has 2 atom stereocenters. The van der Waals surface area contributed by atoms with Gasteiger partial charge >= 0.3 is 0 Å². The van der Waals surface area contributed by atoms with E-state index in [9.17, 15) is 13.2 Å². The van der Waals surface area contributed by atoms with Gasteiger partial charge in [-0.3, -0.25) is 9.10 Å². The van der Waals surface area contributed by atoms with E-state index in [0.29, 0.717) is 11.4 Å². The molecule has 174 valence electrons. The van der Waals surface area contributed by atoms with Gasteiger partial charge in [0.15, 0.2) is 6.10 Å². The quantitative estimate of drug-likeness (QED) is 0.708. The van der Waals surface area contributed by atoms with Gasteiger partial charge in [0.2, 0.25) is 10.0 Å². The fourth-order valence-corrected chi connectivity index (χ4v) is 4.92. The van der Waals surface area contributed by atoms with Crippen molar-refractivity contribution in [2.45, 2.75) is 52.7 Å². The highest BCUT2D eigenvalue weighted by atomic mass is 32.2. The molecule has 0 saturated heterocycles. The van der Waals surface area contributed by atoms with Crippen molar-refractivity contribution >= 4 is 21.6 Å². The lowest BCUT2D eigenvalue weighted by atomic mass is 9.93. The van der Waals surface area contributed by atoms with Crippen LogP contribution in [0.4, 0.5) is 5.69 Å². The smallest absolute Gasteiger partial charge is 0.263 e. The highest BCUT2D eigenvalue weighted by molar-refractivity contribution is 7.92. The Kier molecular flexibility index (Phi) is 6.74. The Labute approximate surface area is 190 Å². The number of sulfonamides is 1. The fraction of sp³-hybridized carbons (Fsp3) is 0.458. The Bertz CT molecular complexity index is 1130. The molecule has 0 bridgehead atoms. The van der Waals surface area contributed by atoms with Crippen molar-refractivity contribution in [3.63, 3.8) is 0 Å². The molecule has 3 rings (SSSR count). The Morgan fingerprint density at radius 2 is 1.84 bits per heavy atom. The molecular formula is C24H32N2O5S. The number of methoxy groups -OCH3 is 1. The summed E-state index contributed by atoms with van der Waals surface area (Å²) >= 11 is 0. The van der Waals surface area contributed by atoms with E-state index in [0.717, 1.165) is 34.3 Å². The molecule has 0 radical (unpaired) electrons. The number of hydrogen-bond acceptors (Lipinski definition) is 5. The van der Waals surface area contributed by atoms with Gasteiger partial charge in [0.05, 0.1) is 31.6 Å². The van der Waals surface area contributed by atoms with E-state index < -0.39 is 16.1 Å². The van der Waals surface area contributed by atoms with Crippen molar-refractivity contribution < 1.29 is 22.7 Å². The second-order valence-electron chi connectivity index (χ2n) is 8.71. The Balaban J connectivity index is 1.86. The van der Waals surface area contributed by atoms with E-state index in [2.05, 4.69) is 25.2 Å². The van der Waals surface area contributed by atoms with E-state index in [1.54, 1.807) is 19.2 Å². The molecule has 1 amide bonds. The van der Waals surface area contributed by atoms with Crippen LogP contribution in [-0.2, 0) is 14.8 Å². The number of amides is 1. The van der Waals surface area contributed by atoms with Crippen molar-refractivity contribution in [1.29, 1.82) is 0 Å². The van der Waals surface area contributed by atoms with E-state index in [1.807, 2.05) is 32.9 Å². The van der Waals surface area contributed by atoms with Crippen LogP contribution in [0.25, 0.3) is 0 Å². The van der Waals surface area contributed by atoms with E-state index in [4.69, 9.17) is 9.47 Å². The predicted molar refractivity (Wildman–Crippen MR) is 126 cm³/mol.